The second kappa shape index (κ2) is 7.47. The topological polar surface area (TPSA) is 101 Å². The van der Waals surface area contributed by atoms with Gasteiger partial charge in [0.2, 0.25) is 0 Å². The summed E-state index contributed by atoms with van der Waals surface area (Å²) < 4.78 is 30.9. The van der Waals surface area contributed by atoms with Crippen LogP contribution in [-0.4, -0.2) is 59.9 Å². The Hall–Kier alpha value is -2.23. The van der Waals surface area contributed by atoms with Crippen LogP contribution >= 0.6 is 11.6 Å². The van der Waals surface area contributed by atoms with Crippen LogP contribution in [0.1, 0.15) is 30.7 Å². The minimum absolute atomic E-state index is 0.128. The summed E-state index contributed by atoms with van der Waals surface area (Å²) in [6.45, 7) is 3.95. The van der Waals surface area contributed by atoms with Crippen LogP contribution in [0.15, 0.2) is 24.4 Å². The van der Waals surface area contributed by atoms with Gasteiger partial charge in [-0.1, -0.05) is 11.6 Å². The van der Waals surface area contributed by atoms with Gasteiger partial charge in [0.15, 0.2) is 15.7 Å². The van der Waals surface area contributed by atoms with Crippen molar-refractivity contribution in [2.24, 2.45) is 0 Å². The number of aromatic nitrogens is 4. The quantitative estimate of drug-likeness (QED) is 0.615. The second-order valence-electron chi connectivity index (χ2n) is 7.82. The van der Waals surface area contributed by atoms with E-state index in [2.05, 4.69) is 21.8 Å². The van der Waals surface area contributed by atoms with E-state index in [4.69, 9.17) is 26.3 Å². The number of H-pyrrole nitrogens is 1. The molecule has 10 heteroatoms. The van der Waals surface area contributed by atoms with Crippen molar-refractivity contribution < 1.29 is 13.2 Å². The minimum Gasteiger partial charge on any atom is -0.377 e. The summed E-state index contributed by atoms with van der Waals surface area (Å²) >= 11 is 6.24. The number of aromatic amines is 1. The minimum atomic E-state index is -3.22. The van der Waals surface area contributed by atoms with E-state index in [0.29, 0.717) is 60.7 Å². The number of ether oxygens (including phenoxy) is 1. The molecule has 1 unspecified atom stereocenters. The molecule has 30 heavy (non-hydrogen) atoms. The highest BCUT2D eigenvalue weighted by Gasteiger charge is 2.35. The summed E-state index contributed by atoms with van der Waals surface area (Å²) in [5, 5.41) is 0.559. The number of anilines is 1. The molecule has 0 amide bonds. The van der Waals surface area contributed by atoms with Crippen molar-refractivity contribution >= 4 is 38.3 Å². The number of sulfone groups is 1. The Morgan fingerprint density at radius 1 is 1.27 bits per heavy atom. The highest BCUT2D eigenvalue weighted by Crippen LogP contribution is 2.37. The monoisotopic (exact) mass is 447 g/mol. The van der Waals surface area contributed by atoms with Crippen molar-refractivity contribution in [3.05, 3.63) is 35.2 Å². The Balaban J connectivity index is 1.71. The van der Waals surface area contributed by atoms with Crippen LogP contribution in [-0.2, 0) is 14.6 Å². The number of nitrogens with one attached hydrogen (secondary N) is 1. The van der Waals surface area contributed by atoms with Crippen LogP contribution in [0.25, 0.3) is 22.4 Å². The highest BCUT2D eigenvalue weighted by atomic mass is 35.5. The Morgan fingerprint density at radius 3 is 2.90 bits per heavy atom. The molecule has 0 bridgehead atoms. The van der Waals surface area contributed by atoms with E-state index in [-0.39, 0.29) is 11.8 Å². The number of nitrogens with zero attached hydrogens (tertiary/aromatic N) is 4. The van der Waals surface area contributed by atoms with Gasteiger partial charge in [0.1, 0.15) is 21.9 Å². The highest BCUT2D eigenvalue weighted by molar-refractivity contribution is 7.91. The lowest BCUT2D eigenvalue weighted by atomic mass is 10.1. The SMILES string of the molecule is C[C@@H]1COCCN1c1cc(C2CCCS2(=O)=O)nc(-c2cc(Cl)nc3[nH]ccc23)n1. The number of rotatable bonds is 3. The number of fused-ring (bicyclic) bond motifs is 1. The van der Waals surface area contributed by atoms with Gasteiger partial charge in [0, 0.05) is 29.8 Å². The zero-order chi connectivity index (χ0) is 20.9. The van der Waals surface area contributed by atoms with Gasteiger partial charge in [-0.25, -0.2) is 23.4 Å². The molecule has 5 heterocycles. The molecule has 2 fully saturated rings. The maximum absolute atomic E-state index is 12.7. The van der Waals surface area contributed by atoms with Crippen molar-refractivity contribution in [2.45, 2.75) is 31.1 Å². The summed E-state index contributed by atoms with van der Waals surface area (Å²) in [4.78, 5) is 19.1. The van der Waals surface area contributed by atoms with Gasteiger partial charge in [0.05, 0.1) is 30.7 Å². The van der Waals surface area contributed by atoms with E-state index in [0.717, 1.165) is 10.9 Å². The first kappa shape index (κ1) is 19.7. The van der Waals surface area contributed by atoms with Gasteiger partial charge in [-0.15, -0.1) is 0 Å². The van der Waals surface area contributed by atoms with Gasteiger partial charge in [0.25, 0.3) is 0 Å². The Bertz CT molecular complexity index is 1210. The van der Waals surface area contributed by atoms with Gasteiger partial charge >= 0.3 is 0 Å². The maximum Gasteiger partial charge on any atom is 0.162 e. The molecule has 3 aromatic rings. The van der Waals surface area contributed by atoms with Gasteiger partial charge in [-0.2, -0.15) is 0 Å². The number of hydrogen-bond acceptors (Lipinski definition) is 7. The van der Waals surface area contributed by atoms with E-state index in [1.807, 2.05) is 12.1 Å². The maximum atomic E-state index is 12.7. The lowest BCUT2D eigenvalue weighted by molar-refractivity contribution is 0.0985. The second-order valence-corrected chi connectivity index (χ2v) is 10.5. The molecule has 158 valence electrons. The first-order valence-electron chi connectivity index (χ1n) is 10.0. The molecular weight excluding hydrogens is 426 g/mol. The predicted octanol–water partition coefficient (Wildman–Crippen LogP) is 3.15. The van der Waals surface area contributed by atoms with Crippen molar-refractivity contribution in [3.63, 3.8) is 0 Å². The fourth-order valence-corrected chi connectivity index (χ4v) is 6.33. The molecule has 2 saturated heterocycles. The molecule has 8 nitrogen and oxygen atoms in total. The standard InChI is InChI=1S/C20H22ClN5O3S/c1-12-11-29-7-6-26(12)18-10-15(16-3-2-8-30(16,27)28)23-20(25-18)14-9-17(21)24-19-13(14)4-5-22-19/h4-5,9-10,12,16H,2-3,6-8,11H2,1H3,(H,22,24)/t12-,16?/m1/s1. The zero-order valence-electron chi connectivity index (χ0n) is 16.5. The van der Waals surface area contributed by atoms with Crippen molar-refractivity contribution in [3.8, 4) is 11.4 Å². The van der Waals surface area contributed by atoms with Crippen LogP contribution < -0.4 is 4.90 Å². The zero-order valence-corrected chi connectivity index (χ0v) is 18.1. The van der Waals surface area contributed by atoms with Crippen LogP contribution in [0.2, 0.25) is 5.15 Å². The predicted molar refractivity (Wildman–Crippen MR) is 116 cm³/mol. The third-order valence-electron chi connectivity index (χ3n) is 5.79. The lowest BCUT2D eigenvalue weighted by Gasteiger charge is -2.34. The van der Waals surface area contributed by atoms with Crippen LogP contribution in [0.3, 0.4) is 0 Å². The summed E-state index contributed by atoms with van der Waals surface area (Å²) in [7, 11) is -3.22. The largest absolute Gasteiger partial charge is 0.377 e. The molecule has 2 aliphatic rings. The van der Waals surface area contributed by atoms with E-state index in [1.165, 1.54) is 0 Å². The molecule has 0 spiro atoms. The van der Waals surface area contributed by atoms with Crippen molar-refractivity contribution in [1.29, 1.82) is 0 Å². The van der Waals surface area contributed by atoms with Gasteiger partial charge in [-0.3, -0.25) is 0 Å². The summed E-state index contributed by atoms with van der Waals surface area (Å²) in [5.74, 6) is 1.37. The van der Waals surface area contributed by atoms with Crippen molar-refractivity contribution in [2.75, 3.05) is 30.4 Å². The molecule has 0 saturated carbocycles. The van der Waals surface area contributed by atoms with E-state index in [1.54, 1.807) is 12.3 Å². The lowest BCUT2D eigenvalue weighted by Crippen LogP contribution is -2.44. The third kappa shape index (κ3) is 3.44. The average molecular weight is 448 g/mol. The molecule has 3 aromatic heterocycles. The van der Waals surface area contributed by atoms with Crippen LogP contribution in [0.4, 0.5) is 5.82 Å². The van der Waals surface area contributed by atoms with Crippen LogP contribution in [0.5, 0.6) is 0 Å². The molecule has 0 radical (unpaired) electrons. The first-order chi connectivity index (χ1) is 14.4. The van der Waals surface area contributed by atoms with E-state index in [9.17, 15) is 8.42 Å². The number of halogens is 1. The number of pyridine rings is 1. The van der Waals surface area contributed by atoms with E-state index >= 15 is 0 Å². The van der Waals surface area contributed by atoms with Gasteiger partial charge < -0.3 is 14.6 Å². The molecule has 2 atom stereocenters. The van der Waals surface area contributed by atoms with Crippen LogP contribution in [0, 0.1) is 0 Å². The summed E-state index contributed by atoms with van der Waals surface area (Å²) in [6, 6.07) is 5.58. The van der Waals surface area contributed by atoms with Crippen molar-refractivity contribution in [1.82, 2.24) is 19.9 Å². The smallest absolute Gasteiger partial charge is 0.162 e. The molecule has 0 aliphatic carbocycles. The number of hydrogen-bond donors (Lipinski definition) is 1. The Labute approximate surface area is 179 Å². The fraction of sp³-hybridized carbons (Fsp3) is 0.450. The Kier molecular flexibility index (Phi) is 4.91. The molecule has 5 rings (SSSR count). The van der Waals surface area contributed by atoms with Gasteiger partial charge in [-0.05, 0) is 31.9 Å². The summed E-state index contributed by atoms with van der Waals surface area (Å²) in [6.07, 6.45) is 3.01. The summed E-state index contributed by atoms with van der Waals surface area (Å²) in [5.41, 5.74) is 1.91. The van der Waals surface area contributed by atoms with E-state index < -0.39 is 15.1 Å². The molecular formula is C20H22ClN5O3S. The molecule has 2 aliphatic heterocycles. The fourth-order valence-electron chi connectivity index (χ4n) is 4.27. The number of morpholine rings is 1. The normalized spacial score (nSPS) is 23.9. The Morgan fingerprint density at radius 2 is 2.13 bits per heavy atom. The first-order valence-corrected chi connectivity index (χ1v) is 12.1. The molecule has 0 aromatic carbocycles. The average Bonchev–Trinajstić information content (AvgIpc) is 3.32. The molecule has 1 N–H and O–H groups in total. The third-order valence-corrected chi connectivity index (χ3v) is 8.19.